The number of fused-ring (bicyclic) bond motifs is 6. The summed E-state index contributed by atoms with van der Waals surface area (Å²) in [6.45, 7) is 0. The zero-order valence-electron chi connectivity index (χ0n) is 54.4. The van der Waals surface area contributed by atoms with Crippen LogP contribution in [0.2, 0.25) is 10.0 Å². The Morgan fingerprint density at radius 1 is 0.291 bits per heavy atom. The largest absolute Gasteiger partial charge is 0.488 e. The molecule has 16 heteroatoms. The maximum absolute atomic E-state index is 9.44. The third-order valence-corrected chi connectivity index (χ3v) is 17.9. The van der Waals surface area contributed by atoms with Crippen LogP contribution >= 0.6 is 23.2 Å². The zero-order chi connectivity index (χ0) is 70.3. The van der Waals surface area contributed by atoms with E-state index in [0.717, 1.165) is 116 Å². The number of aromatic nitrogens is 6. The molecular formula is C87H52BCl2N9O4. The molecule has 17 rings (SSSR count). The Labute approximate surface area is 601 Å². The molecular weight excluding hydrogens is 1320 g/mol. The van der Waals surface area contributed by atoms with Crippen LogP contribution < -0.4 is 5.46 Å². The predicted molar refractivity (Wildman–Crippen MR) is 409 cm³/mol. The lowest BCUT2D eigenvalue weighted by Crippen LogP contribution is -2.29. The standard InChI is InChI=1S/C47H27N5O.C33H19Cl2N3O.C7H6BNO2/c48-28-30-14-18-32(19-15-30)38-26-40(34-20-16-31(29-49)17-21-34)44-41(27-38)43-39(12-7-13-42(43)53-44)33-22-24-37(25-23-33)47-51-45(35-8-3-1-4-9-35)50-46(52-47)36-10-5-2-6-11-36;34-24-18-26-29-25(12-7-13-28(29)39-30(26)27(35)19-24)20-14-16-23(17-15-20)33-37-31(21-8-3-1-4-9-21)36-32(38-33)22-10-5-2-6-11-22;9-5-6-1-3-7(4-2-6)8(10)11/h1-27H;1-19H;1-4,10-11H. The molecule has 0 spiro atoms. The minimum absolute atomic E-state index is 0.393. The molecule has 0 bridgehead atoms. The average Bonchev–Trinajstić information content (AvgIpc) is 1.62. The van der Waals surface area contributed by atoms with E-state index in [9.17, 15) is 10.5 Å². The smallest absolute Gasteiger partial charge is 0.455 e. The Balaban J connectivity index is 0.000000149. The zero-order valence-corrected chi connectivity index (χ0v) is 55.9. The van der Waals surface area contributed by atoms with Gasteiger partial charge in [-0.25, -0.2) is 29.9 Å². The van der Waals surface area contributed by atoms with Crippen LogP contribution in [0.1, 0.15) is 16.7 Å². The first-order chi connectivity index (χ1) is 50.5. The summed E-state index contributed by atoms with van der Waals surface area (Å²) in [4.78, 5) is 29.1. The molecule has 0 atom stereocenters. The molecule has 4 aromatic heterocycles. The first kappa shape index (κ1) is 65.5. The monoisotopic (exact) mass is 1370 g/mol. The van der Waals surface area contributed by atoms with Gasteiger partial charge in [0.25, 0.3) is 0 Å². The van der Waals surface area contributed by atoms with Crippen LogP contribution in [-0.2, 0) is 0 Å². The first-order valence-corrected chi connectivity index (χ1v) is 33.4. The van der Waals surface area contributed by atoms with Gasteiger partial charge in [0.1, 0.15) is 16.7 Å². The number of hydrogen-bond donors (Lipinski definition) is 2. The Hall–Kier alpha value is -13.5. The number of nitrogens with zero attached hydrogens (tertiary/aromatic N) is 9. The summed E-state index contributed by atoms with van der Waals surface area (Å²) in [5.41, 5.74) is 18.4. The average molecular weight is 1370 g/mol. The molecule has 17 aromatic rings. The molecule has 4 heterocycles. The van der Waals surface area contributed by atoms with E-state index in [0.29, 0.717) is 72.7 Å². The number of benzene rings is 13. The maximum atomic E-state index is 9.44. The summed E-state index contributed by atoms with van der Waals surface area (Å²) in [5.74, 6) is 3.70. The second-order valence-electron chi connectivity index (χ2n) is 23.9. The topological polar surface area (TPSA) is 215 Å². The van der Waals surface area contributed by atoms with Crippen molar-refractivity contribution in [2.45, 2.75) is 0 Å². The Kier molecular flexibility index (Phi) is 18.5. The minimum atomic E-state index is -1.46. The highest BCUT2D eigenvalue weighted by Crippen LogP contribution is 2.45. The van der Waals surface area contributed by atoms with Gasteiger partial charge >= 0.3 is 7.12 Å². The summed E-state index contributed by atoms with van der Waals surface area (Å²) in [5, 5.41) is 49.5. The van der Waals surface area contributed by atoms with E-state index in [1.165, 1.54) is 24.3 Å². The van der Waals surface area contributed by atoms with Gasteiger partial charge in [0.05, 0.1) is 39.9 Å². The fourth-order valence-electron chi connectivity index (χ4n) is 12.3. The van der Waals surface area contributed by atoms with Crippen LogP contribution in [0.3, 0.4) is 0 Å². The van der Waals surface area contributed by atoms with Crippen molar-refractivity contribution in [2.24, 2.45) is 0 Å². The van der Waals surface area contributed by atoms with Crippen molar-refractivity contribution in [3.63, 3.8) is 0 Å². The highest BCUT2D eigenvalue weighted by Gasteiger charge is 2.22. The van der Waals surface area contributed by atoms with Crippen molar-refractivity contribution >= 4 is 79.7 Å². The van der Waals surface area contributed by atoms with E-state index in [-0.39, 0.29) is 0 Å². The third-order valence-electron chi connectivity index (χ3n) is 17.4. The Bertz CT molecular complexity index is 5990. The highest BCUT2D eigenvalue weighted by molar-refractivity contribution is 6.58. The fraction of sp³-hybridized carbons (Fsp3) is 0. The molecule has 103 heavy (non-hydrogen) atoms. The van der Waals surface area contributed by atoms with Crippen molar-refractivity contribution in [3.8, 4) is 131 Å². The molecule has 0 fully saturated rings. The van der Waals surface area contributed by atoms with E-state index < -0.39 is 7.12 Å². The molecule has 0 unspecified atom stereocenters. The number of halogens is 2. The van der Waals surface area contributed by atoms with Gasteiger partial charge < -0.3 is 18.9 Å². The van der Waals surface area contributed by atoms with Crippen LogP contribution in [0.4, 0.5) is 0 Å². The number of rotatable bonds is 11. The van der Waals surface area contributed by atoms with Gasteiger partial charge in [-0.3, -0.25) is 0 Å². The second kappa shape index (κ2) is 29.1. The molecule has 0 aliphatic heterocycles. The van der Waals surface area contributed by atoms with Crippen molar-refractivity contribution < 1.29 is 18.9 Å². The SMILES string of the molecule is Clc1cc(Cl)c2oc3cccc(-c4ccc(-c5nc(-c6ccccc6)nc(-c6ccccc6)n5)cc4)c3c2c1.N#Cc1ccc(-c2cc(-c3ccc(C#N)cc3)c3oc4cccc(-c5ccc(-c6nc(-c7ccccc7)nc(-c7ccccc7)n6)cc5)c4c3c2)cc1.N#Cc1ccc(B(O)O)cc1. The Morgan fingerprint density at radius 3 is 0.990 bits per heavy atom. The van der Waals surface area contributed by atoms with Crippen molar-refractivity contribution in [1.82, 2.24) is 29.9 Å². The van der Waals surface area contributed by atoms with Gasteiger partial charge in [-0.2, -0.15) is 15.8 Å². The van der Waals surface area contributed by atoms with Crippen LogP contribution in [0, 0.1) is 34.0 Å². The van der Waals surface area contributed by atoms with Crippen LogP contribution in [0.25, 0.3) is 157 Å². The summed E-state index contributed by atoms with van der Waals surface area (Å²) < 4.78 is 12.7. The maximum Gasteiger partial charge on any atom is 0.488 e. The summed E-state index contributed by atoms with van der Waals surface area (Å²) in [6.07, 6.45) is 0. The summed E-state index contributed by atoms with van der Waals surface area (Å²) >= 11 is 12.8. The second-order valence-corrected chi connectivity index (χ2v) is 24.8. The third kappa shape index (κ3) is 13.9. The molecule has 486 valence electrons. The van der Waals surface area contributed by atoms with Gasteiger partial charge in [-0.15, -0.1) is 0 Å². The van der Waals surface area contributed by atoms with Crippen molar-refractivity contribution in [3.05, 3.63) is 330 Å². The molecule has 0 saturated carbocycles. The van der Waals surface area contributed by atoms with Crippen molar-refractivity contribution in [1.29, 1.82) is 15.8 Å². The van der Waals surface area contributed by atoms with E-state index >= 15 is 0 Å². The van der Waals surface area contributed by atoms with Gasteiger partial charge in [-0.05, 0) is 117 Å². The van der Waals surface area contributed by atoms with Gasteiger partial charge in [0.2, 0.25) is 0 Å². The van der Waals surface area contributed by atoms with Crippen molar-refractivity contribution in [2.75, 3.05) is 0 Å². The lowest BCUT2D eigenvalue weighted by atomic mass is 9.80. The molecule has 0 radical (unpaired) electrons. The molecule has 0 amide bonds. The number of furan rings is 2. The quantitative estimate of drug-likeness (QED) is 0.115. The Morgan fingerprint density at radius 2 is 0.612 bits per heavy atom. The van der Waals surface area contributed by atoms with Crippen LogP contribution in [0.5, 0.6) is 0 Å². The molecule has 13 aromatic carbocycles. The molecule has 0 aliphatic carbocycles. The van der Waals surface area contributed by atoms with E-state index in [1.54, 1.807) is 6.07 Å². The molecule has 0 aliphatic rings. The van der Waals surface area contributed by atoms with E-state index in [1.807, 2.05) is 218 Å². The fourth-order valence-corrected chi connectivity index (χ4v) is 12.8. The minimum Gasteiger partial charge on any atom is -0.455 e. The lowest BCUT2D eigenvalue weighted by Gasteiger charge is -2.10. The van der Waals surface area contributed by atoms with Gasteiger partial charge in [-0.1, -0.05) is 254 Å². The normalized spacial score (nSPS) is 10.9. The predicted octanol–water partition coefficient (Wildman–Crippen LogP) is 20.5. The number of hydrogen-bond acceptors (Lipinski definition) is 13. The van der Waals surface area contributed by atoms with E-state index in [2.05, 4.69) is 72.8 Å². The molecule has 13 nitrogen and oxygen atoms in total. The first-order valence-electron chi connectivity index (χ1n) is 32.7. The lowest BCUT2D eigenvalue weighted by molar-refractivity contribution is 0.426. The van der Waals surface area contributed by atoms with Gasteiger partial charge in [0.15, 0.2) is 40.5 Å². The van der Waals surface area contributed by atoms with Gasteiger partial charge in [0, 0.05) is 65.5 Å². The molecule has 2 N–H and O–H groups in total. The van der Waals surface area contributed by atoms with E-state index in [4.69, 9.17) is 77.2 Å². The summed E-state index contributed by atoms with van der Waals surface area (Å²) in [6, 6.07) is 104. The van der Waals surface area contributed by atoms with Crippen LogP contribution in [0.15, 0.2) is 312 Å². The molecule has 0 saturated heterocycles. The summed E-state index contributed by atoms with van der Waals surface area (Å²) in [7, 11) is -1.46. The van der Waals surface area contributed by atoms with Crippen LogP contribution in [-0.4, -0.2) is 47.1 Å². The highest BCUT2D eigenvalue weighted by atomic mass is 35.5. The number of nitriles is 3.